The van der Waals surface area contributed by atoms with Crippen LogP contribution in [0.25, 0.3) is 0 Å². The Morgan fingerprint density at radius 1 is 1.32 bits per heavy atom. The summed E-state index contributed by atoms with van der Waals surface area (Å²) in [6, 6.07) is 8.01. The van der Waals surface area contributed by atoms with E-state index in [9.17, 15) is 4.79 Å². The Morgan fingerprint density at radius 3 is 2.68 bits per heavy atom. The van der Waals surface area contributed by atoms with Gasteiger partial charge in [0.2, 0.25) is 0 Å². The van der Waals surface area contributed by atoms with Crippen molar-refractivity contribution in [3.63, 3.8) is 0 Å². The number of unbranched alkanes of at least 4 members (excludes halogenated alkanes) is 1. The molecule has 0 unspecified atom stereocenters. The highest BCUT2D eigenvalue weighted by molar-refractivity contribution is 8.00. The third-order valence-corrected chi connectivity index (χ3v) is 6.05. The molecule has 2 rings (SSSR count). The summed E-state index contributed by atoms with van der Waals surface area (Å²) in [5, 5.41) is 0. The fourth-order valence-electron chi connectivity index (χ4n) is 3.23. The average Bonchev–Trinajstić information content (AvgIpc) is 2.74. The molecule has 1 aliphatic rings. The van der Waals surface area contributed by atoms with Crippen LogP contribution in [0.4, 0.5) is 0 Å². The number of methoxy groups -OCH3 is 1. The van der Waals surface area contributed by atoms with Crippen molar-refractivity contribution in [1.82, 2.24) is 4.90 Å². The number of hydrogen-bond acceptors (Lipinski definition) is 5. The maximum absolute atomic E-state index is 12.4. The lowest BCUT2D eigenvalue weighted by Crippen LogP contribution is -2.52. The van der Waals surface area contributed by atoms with Crippen LogP contribution in [0.15, 0.2) is 24.3 Å². The summed E-state index contributed by atoms with van der Waals surface area (Å²) < 4.78 is 10.7. The molecule has 1 fully saturated rings. The van der Waals surface area contributed by atoms with Gasteiger partial charge in [-0.05, 0) is 50.1 Å². The first-order valence-electron chi connectivity index (χ1n) is 9.15. The molecule has 1 aromatic rings. The molecular formula is C20H31NO3S. The van der Waals surface area contributed by atoms with Crippen LogP contribution in [0.5, 0.6) is 5.75 Å². The molecule has 25 heavy (non-hydrogen) atoms. The molecule has 4 nitrogen and oxygen atoms in total. The van der Waals surface area contributed by atoms with E-state index in [1.54, 1.807) is 0 Å². The smallest absolute Gasteiger partial charge is 0.324 e. The Hall–Kier alpha value is -1.20. The third-order valence-electron chi connectivity index (χ3n) is 4.59. The molecule has 0 radical (unpaired) electrons. The van der Waals surface area contributed by atoms with Crippen molar-refractivity contribution in [2.45, 2.75) is 57.4 Å². The van der Waals surface area contributed by atoms with Crippen molar-refractivity contribution in [3.05, 3.63) is 29.8 Å². The summed E-state index contributed by atoms with van der Waals surface area (Å²) in [5.41, 5.74) is 1.19. The van der Waals surface area contributed by atoms with Gasteiger partial charge in [0, 0.05) is 17.8 Å². The number of hydrogen-bond donors (Lipinski definition) is 0. The van der Waals surface area contributed by atoms with E-state index in [0.29, 0.717) is 0 Å². The van der Waals surface area contributed by atoms with E-state index < -0.39 is 0 Å². The van der Waals surface area contributed by atoms with Gasteiger partial charge in [-0.2, -0.15) is 11.8 Å². The fraction of sp³-hybridized carbons (Fsp3) is 0.650. The topological polar surface area (TPSA) is 38.8 Å². The SMILES string of the molecule is CCCCOc1ccc(CN2CCCSC(C)(C)[C@@H]2C(=O)OC)cc1. The number of thioether (sulfide) groups is 1. The van der Waals surface area contributed by atoms with Crippen LogP contribution in [0.3, 0.4) is 0 Å². The highest BCUT2D eigenvalue weighted by atomic mass is 32.2. The molecule has 0 aliphatic carbocycles. The lowest BCUT2D eigenvalue weighted by molar-refractivity contribution is -0.148. The molecule has 0 N–H and O–H groups in total. The monoisotopic (exact) mass is 365 g/mol. The molecule has 1 atom stereocenters. The van der Waals surface area contributed by atoms with E-state index in [0.717, 1.165) is 50.5 Å². The van der Waals surface area contributed by atoms with Gasteiger partial charge in [-0.25, -0.2) is 0 Å². The quantitative estimate of drug-likeness (QED) is 0.537. The van der Waals surface area contributed by atoms with Crippen LogP contribution >= 0.6 is 11.8 Å². The molecule has 0 saturated carbocycles. The predicted molar refractivity (Wildman–Crippen MR) is 104 cm³/mol. The average molecular weight is 366 g/mol. The van der Waals surface area contributed by atoms with Gasteiger partial charge in [0.1, 0.15) is 11.8 Å². The maximum atomic E-state index is 12.4. The summed E-state index contributed by atoms with van der Waals surface area (Å²) in [5.74, 6) is 1.84. The Bertz CT molecular complexity index is 544. The Balaban J connectivity index is 2.08. The fourth-order valence-corrected chi connectivity index (χ4v) is 4.43. The molecule has 0 aromatic heterocycles. The summed E-state index contributed by atoms with van der Waals surface area (Å²) >= 11 is 1.86. The van der Waals surface area contributed by atoms with E-state index in [1.807, 2.05) is 23.9 Å². The van der Waals surface area contributed by atoms with Gasteiger partial charge in [-0.1, -0.05) is 25.5 Å². The normalized spacial score (nSPS) is 20.7. The van der Waals surface area contributed by atoms with Gasteiger partial charge in [-0.15, -0.1) is 0 Å². The second-order valence-electron chi connectivity index (χ2n) is 7.05. The van der Waals surface area contributed by atoms with Crippen LogP contribution in [0, 0.1) is 0 Å². The molecule has 1 saturated heterocycles. The number of carbonyl (C=O) groups excluding carboxylic acids is 1. The maximum Gasteiger partial charge on any atom is 0.324 e. The first-order valence-corrected chi connectivity index (χ1v) is 10.1. The Kier molecular flexibility index (Phi) is 7.63. The van der Waals surface area contributed by atoms with Crippen molar-refractivity contribution < 1.29 is 14.3 Å². The van der Waals surface area contributed by atoms with E-state index in [-0.39, 0.29) is 16.8 Å². The second kappa shape index (κ2) is 9.48. The van der Waals surface area contributed by atoms with Crippen molar-refractivity contribution in [2.24, 2.45) is 0 Å². The number of benzene rings is 1. The standard InChI is InChI=1S/C20H31NO3S/c1-5-6-13-24-17-10-8-16(9-11-17)15-21-12-7-14-25-20(2,3)18(21)19(22)23-4/h8-11,18H,5-7,12-15H2,1-4H3/t18-/m0/s1. The lowest BCUT2D eigenvalue weighted by atomic mass is 10.00. The third kappa shape index (κ3) is 5.65. The van der Waals surface area contributed by atoms with E-state index in [4.69, 9.17) is 9.47 Å². The molecule has 140 valence electrons. The molecule has 5 heteroatoms. The minimum Gasteiger partial charge on any atom is -0.494 e. The minimum absolute atomic E-state index is 0.140. The molecule has 1 aliphatic heterocycles. The van der Waals surface area contributed by atoms with Gasteiger partial charge in [0.15, 0.2) is 0 Å². The first-order chi connectivity index (χ1) is 12.0. The van der Waals surface area contributed by atoms with Crippen LogP contribution in [-0.2, 0) is 16.1 Å². The van der Waals surface area contributed by atoms with Crippen molar-refractivity contribution in [1.29, 1.82) is 0 Å². The molecule has 1 heterocycles. The summed E-state index contributed by atoms with van der Waals surface area (Å²) in [4.78, 5) is 14.7. The lowest BCUT2D eigenvalue weighted by Gasteiger charge is -2.37. The molecule has 0 bridgehead atoms. The largest absolute Gasteiger partial charge is 0.494 e. The number of carbonyl (C=O) groups is 1. The van der Waals surface area contributed by atoms with Gasteiger partial charge in [0.05, 0.1) is 13.7 Å². The van der Waals surface area contributed by atoms with Crippen molar-refractivity contribution >= 4 is 17.7 Å². The zero-order valence-corrected chi connectivity index (χ0v) is 16.7. The number of ether oxygens (including phenoxy) is 2. The van der Waals surface area contributed by atoms with Gasteiger partial charge in [0.25, 0.3) is 0 Å². The molecular weight excluding hydrogens is 334 g/mol. The van der Waals surface area contributed by atoms with Gasteiger partial charge >= 0.3 is 5.97 Å². The summed E-state index contributed by atoms with van der Waals surface area (Å²) in [6.07, 6.45) is 3.29. The van der Waals surface area contributed by atoms with E-state index >= 15 is 0 Å². The molecule has 0 spiro atoms. The zero-order valence-electron chi connectivity index (χ0n) is 15.9. The van der Waals surface area contributed by atoms with Crippen LogP contribution < -0.4 is 4.74 Å². The second-order valence-corrected chi connectivity index (χ2v) is 8.80. The van der Waals surface area contributed by atoms with Crippen molar-refractivity contribution in [3.8, 4) is 5.75 Å². The number of rotatable bonds is 7. The van der Waals surface area contributed by atoms with E-state index in [2.05, 4.69) is 37.8 Å². The van der Waals surface area contributed by atoms with Crippen LogP contribution in [0.2, 0.25) is 0 Å². The number of esters is 1. The zero-order chi connectivity index (χ0) is 18.3. The summed E-state index contributed by atoms with van der Waals surface area (Å²) in [7, 11) is 1.48. The Labute approximate surface area is 156 Å². The van der Waals surface area contributed by atoms with Crippen LogP contribution in [0.1, 0.15) is 45.6 Å². The highest BCUT2D eigenvalue weighted by Crippen LogP contribution is 2.36. The van der Waals surface area contributed by atoms with Gasteiger partial charge < -0.3 is 9.47 Å². The molecule has 1 aromatic carbocycles. The summed E-state index contributed by atoms with van der Waals surface area (Å²) in [6.45, 7) is 8.86. The molecule has 0 amide bonds. The highest BCUT2D eigenvalue weighted by Gasteiger charge is 2.42. The predicted octanol–water partition coefficient (Wildman–Crippen LogP) is 4.12. The Morgan fingerprint density at radius 2 is 2.04 bits per heavy atom. The number of nitrogens with zero attached hydrogens (tertiary/aromatic N) is 1. The minimum atomic E-state index is -0.231. The van der Waals surface area contributed by atoms with Gasteiger partial charge in [-0.3, -0.25) is 9.69 Å². The van der Waals surface area contributed by atoms with Crippen LogP contribution in [-0.4, -0.2) is 47.7 Å². The van der Waals surface area contributed by atoms with Crippen molar-refractivity contribution in [2.75, 3.05) is 26.0 Å². The van der Waals surface area contributed by atoms with E-state index in [1.165, 1.54) is 12.7 Å². The first kappa shape index (κ1) is 20.1.